The Morgan fingerprint density at radius 3 is 2.65 bits per heavy atom. The summed E-state index contributed by atoms with van der Waals surface area (Å²) in [5.41, 5.74) is 1.79. The predicted octanol–water partition coefficient (Wildman–Crippen LogP) is 3.24. The first-order valence-electron chi connectivity index (χ1n) is 6.28. The van der Waals surface area contributed by atoms with Gasteiger partial charge >= 0.3 is 0 Å². The highest BCUT2D eigenvalue weighted by molar-refractivity contribution is 7.91. The fourth-order valence-electron chi connectivity index (χ4n) is 2.41. The lowest BCUT2D eigenvalue weighted by Crippen LogP contribution is -2.10. The van der Waals surface area contributed by atoms with Crippen LogP contribution in [0.1, 0.15) is 16.4 Å². The van der Waals surface area contributed by atoms with E-state index in [4.69, 9.17) is 4.74 Å². The van der Waals surface area contributed by atoms with Crippen LogP contribution in [0.15, 0.2) is 59.5 Å². The van der Waals surface area contributed by atoms with Crippen molar-refractivity contribution in [1.82, 2.24) is 0 Å². The third-order valence-corrected chi connectivity index (χ3v) is 5.45. The van der Waals surface area contributed by atoms with Gasteiger partial charge in [-0.05, 0) is 29.3 Å². The molecule has 0 amide bonds. The SMILES string of the molecule is COc1cccc(S(=O)(=O)C2C=Cc3ccccc32)c1. The van der Waals surface area contributed by atoms with Crippen molar-refractivity contribution in [3.05, 3.63) is 65.7 Å². The van der Waals surface area contributed by atoms with Gasteiger partial charge in [-0.3, -0.25) is 0 Å². The minimum absolute atomic E-state index is 0.281. The van der Waals surface area contributed by atoms with Crippen LogP contribution in [0, 0.1) is 0 Å². The van der Waals surface area contributed by atoms with Gasteiger partial charge in [0.2, 0.25) is 0 Å². The van der Waals surface area contributed by atoms with Crippen molar-refractivity contribution >= 4 is 15.9 Å². The van der Waals surface area contributed by atoms with E-state index in [-0.39, 0.29) is 4.90 Å². The summed E-state index contributed by atoms with van der Waals surface area (Å²) < 4.78 is 30.6. The first-order chi connectivity index (χ1) is 9.63. The molecule has 1 unspecified atom stereocenters. The zero-order valence-electron chi connectivity index (χ0n) is 11.0. The highest BCUT2D eigenvalue weighted by Gasteiger charge is 2.31. The molecule has 3 rings (SSSR count). The normalized spacial score (nSPS) is 16.9. The maximum atomic E-state index is 12.8. The van der Waals surface area contributed by atoms with E-state index in [0.29, 0.717) is 5.75 Å². The van der Waals surface area contributed by atoms with Gasteiger partial charge in [-0.15, -0.1) is 0 Å². The lowest BCUT2D eigenvalue weighted by Gasteiger charge is -2.13. The monoisotopic (exact) mass is 286 g/mol. The molecule has 0 saturated carbocycles. The quantitative estimate of drug-likeness (QED) is 0.870. The molecule has 1 atom stereocenters. The van der Waals surface area contributed by atoms with Crippen LogP contribution in [0.2, 0.25) is 0 Å². The van der Waals surface area contributed by atoms with Crippen molar-refractivity contribution < 1.29 is 13.2 Å². The van der Waals surface area contributed by atoms with Crippen LogP contribution >= 0.6 is 0 Å². The molecule has 0 aliphatic heterocycles. The zero-order valence-corrected chi connectivity index (χ0v) is 11.8. The minimum Gasteiger partial charge on any atom is -0.497 e. The van der Waals surface area contributed by atoms with Crippen LogP contribution in [-0.2, 0) is 9.84 Å². The van der Waals surface area contributed by atoms with E-state index in [0.717, 1.165) is 11.1 Å². The Bertz CT molecular complexity index is 776. The Morgan fingerprint density at radius 1 is 1.05 bits per heavy atom. The van der Waals surface area contributed by atoms with Gasteiger partial charge < -0.3 is 4.74 Å². The maximum Gasteiger partial charge on any atom is 0.189 e. The number of sulfone groups is 1. The molecule has 0 saturated heterocycles. The average molecular weight is 286 g/mol. The van der Waals surface area contributed by atoms with Crippen LogP contribution < -0.4 is 4.74 Å². The molecule has 3 nitrogen and oxygen atoms in total. The number of methoxy groups -OCH3 is 1. The van der Waals surface area contributed by atoms with Gasteiger partial charge in [0.15, 0.2) is 9.84 Å². The standard InChI is InChI=1S/C16H14O3S/c1-19-13-6-4-7-14(11-13)20(17,18)16-10-9-12-5-2-3-8-15(12)16/h2-11,16H,1H3. The van der Waals surface area contributed by atoms with E-state index in [2.05, 4.69) is 0 Å². The van der Waals surface area contributed by atoms with Gasteiger partial charge in [0.05, 0.1) is 12.0 Å². The Labute approximate surface area is 118 Å². The second-order valence-corrected chi connectivity index (χ2v) is 6.70. The molecule has 2 aromatic rings. The first-order valence-corrected chi connectivity index (χ1v) is 7.82. The molecule has 0 heterocycles. The van der Waals surface area contributed by atoms with E-state index in [1.807, 2.05) is 30.3 Å². The first kappa shape index (κ1) is 12.9. The van der Waals surface area contributed by atoms with Gasteiger partial charge in [-0.2, -0.15) is 0 Å². The van der Waals surface area contributed by atoms with Gasteiger partial charge in [-0.1, -0.05) is 42.5 Å². The van der Waals surface area contributed by atoms with Crippen molar-refractivity contribution in [3.8, 4) is 5.75 Å². The van der Waals surface area contributed by atoms with E-state index in [9.17, 15) is 8.42 Å². The van der Waals surface area contributed by atoms with Crippen LogP contribution in [0.4, 0.5) is 0 Å². The fourth-order valence-corrected chi connectivity index (χ4v) is 4.09. The summed E-state index contributed by atoms with van der Waals surface area (Å²) >= 11 is 0. The smallest absolute Gasteiger partial charge is 0.189 e. The number of hydrogen-bond donors (Lipinski definition) is 0. The number of fused-ring (bicyclic) bond motifs is 1. The summed E-state index contributed by atoms with van der Waals surface area (Å²) in [5, 5.41) is -0.620. The van der Waals surface area contributed by atoms with Crippen LogP contribution in [-0.4, -0.2) is 15.5 Å². The van der Waals surface area contributed by atoms with Gasteiger partial charge in [0.1, 0.15) is 11.0 Å². The van der Waals surface area contributed by atoms with Gasteiger partial charge in [0.25, 0.3) is 0 Å². The van der Waals surface area contributed by atoms with Crippen molar-refractivity contribution in [1.29, 1.82) is 0 Å². The second-order valence-electron chi connectivity index (χ2n) is 4.63. The molecule has 0 aromatic heterocycles. The highest BCUT2D eigenvalue weighted by Crippen LogP contribution is 2.38. The van der Waals surface area contributed by atoms with Crippen molar-refractivity contribution in [2.45, 2.75) is 10.1 Å². The summed E-state index contributed by atoms with van der Waals surface area (Å²) in [4.78, 5) is 0.281. The molecule has 2 aromatic carbocycles. The molecule has 1 aliphatic rings. The van der Waals surface area contributed by atoms with Crippen molar-refractivity contribution in [2.24, 2.45) is 0 Å². The van der Waals surface area contributed by atoms with E-state index in [1.165, 1.54) is 7.11 Å². The molecule has 0 N–H and O–H groups in total. The molecular formula is C16H14O3S. The predicted molar refractivity (Wildman–Crippen MR) is 78.4 cm³/mol. The zero-order chi connectivity index (χ0) is 14.2. The highest BCUT2D eigenvalue weighted by atomic mass is 32.2. The number of rotatable bonds is 3. The Balaban J connectivity index is 2.08. The molecule has 0 bridgehead atoms. The maximum absolute atomic E-state index is 12.8. The molecule has 0 fully saturated rings. The minimum atomic E-state index is -3.45. The molecule has 0 radical (unpaired) electrons. The summed E-state index contributed by atoms with van der Waals surface area (Å²) in [5.74, 6) is 0.543. The van der Waals surface area contributed by atoms with Gasteiger partial charge in [0, 0.05) is 0 Å². The summed E-state index contributed by atoms with van der Waals surface area (Å²) in [6.07, 6.45) is 3.59. The fraction of sp³-hybridized carbons (Fsp3) is 0.125. The van der Waals surface area contributed by atoms with Crippen molar-refractivity contribution in [3.63, 3.8) is 0 Å². The molecule has 20 heavy (non-hydrogen) atoms. The lowest BCUT2D eigenvalue weighted by molar-refractivity contribution is 0.413. The molecule has 102 valence electrons. The number of benzene rings is 2. The Morgan fingerprint density at radius 2 is 1.85 bits per heavy atom. The van der Waals surface area contributed by atoms with Crippen molar-refractivity contribution in [2.75, 3.05) is 7.11 Å². The Kier molecular flexibility index (Phi) is 3.10. The molecule has 0 spiro atoms. The molecule has 1 aliphatic carbocycles. The molecule has 4 heteroatoms. The van der Waals surface area contributed by atoms with Gasteiger partial charge in [-0.25, -0.2) is 8.42 Å². The lowest BCUT2D eigenvalue weighted by atomic mass is 10.1. The largest absolute Gasteiger partial charge is 0.497 e. The summed E-state index contributed by atoms with van der Waals surface area (Å²) in [6.45, 7) is 0. The third-order valence-electron chi connectivity index (χ3n) is 3.46. The van der Waals surface area contributed by atoms with E-state index >= 15 is 0 Å². The third kappa shape index (κ3) is 2.02. The van der Waals surface area contributed by atoms with Crippen LogP contribution in [0.5, 0.6) is 5.75 Å². The summed E-state index contributed by atoms with van der Waals surface area (Å²) in [6, 6.07) is 14.1. The van der Waals surface area contributed by atoms with Crippen LogP contribution in [0.25, 0.3) is 6.08 Å². The van der Waals surface area contributed by atoms with Crippen LogP contribution in [0.3, 0.4) is 0 Å². The molecular weight excluding hydrogens is 272 g/mol. The topological polar surface area (TPSA) is 43.4 Å². The second kappa shape index (κ2) is 4.80. The number of hydrogen-bond acceptors (Lipinski definition) is 3. The van der Waals surface area contributed by atoms with E-state index < -0.39 is 15.1 Å². The Hall–Kier alpha value is -2.07. The number of ether oxygens (including phenoxy) is 1. The summed E-state index contributed by atoms with van der Waals surface area (Å²) in [7, 11) is -1.93. The average Bonchev–Trinajstić information content (AvgIpc) is 2.92. The van der Waals surface area contributed by atoms with E-state index in [1.54, 1.807) is 30.3 Å².